The molecule has 0 bridgehead atoms. The number of aliphatic hydroxyl groups is 1. The third-order valence-electron chi connectivity index (χ3n) is 17.8. The summed E-state index contributed by atoms with van der Waals surface area (Å²) >= 11 is 5.70. The van der Waals surface area contributed by atoms with E-state index in [0.717, 1.165) is 98.8 Å². The van der Waals surface area contributed by atoms with Crippen LogP contribution in [0.15, 0.2) is 268 Å². The fourth-order valence-corrected chi connectivity index (χ4v) is 11.8. The molecular weight excluding hydrogens is 1540 g/mol. The van der Waals surface area contributed by atoms with Gasteiger partial charge in [0.25, 0.3) is 0 Å². The summed E-state index contributed by atoms with van der Waals surface area (Å²) in [6.45, 7) is 1.31. The van der Waals surface area contributed by atoms with Crippen LogP contribution in [0.5, 0.6) is 0 Å². The van der Waals surface area contributed by atoms with E-state index in [4.69, 9.17) is 17.3 Å². The molecule has 0 fully saturated rings. The van der Waals surface area contributed by atoms with Crippen LogP contribution < -0.4 is 21.7 Å². The lowest BCUT2D eigenvalue weighted by atomic mass is 10.0. The highest BCUT2D eigenvalue weighted by molar-refractivity contribution is 6.29. The minimum atomic E-state index is -4.35. The number of nitrogens with one attached hydrogen (secondary N) is 7. The Hall–Kier alpha value is -13.7. The fourth-order valence-electron chi connectivity index (χ4n) is 11.7. The van der Waals surface area contributed by atoms with Crippen LogP contribution in [0.3, 0.4) is 0 Å². The van der Waals surface area contributed by atoms with Crippen molar-refractivity contribution in [2.45, 2.75) is 63.4 Å². The first kappa shape index (κ1) is 81.8. The first-order valence-corrected chi connectivity index (χ1v) is 35.5. The maximum Gasteiger partial charge on any atom is 0.416 e. The molecule has 0 amide bonds. The second-order valence-electron chi connectivity index (χ2n) is 25.7. The van der Waals surface area contributed by atoms with Gasteiger partial charge in [0.2, 0.25) is 0 Å². The first-order chi connectivity index (χ1) is 55.6. The van der Waals surface area contributed by atoms with E-state index in [2.05, 4.69) is 75.8 Å². The van der Waals surface area contributed by atoms with E-state index in [1.165, 1.54) is 60.9 Å². The number of aromatic nitrogens is 12. The topological polar surface area (TPSA) is 283 Å². The number of nitrogens with two attached hydrogens (primary N) is 1. The third kappa shape index (κ3) is 21.4. The summed E-state index contributed by atoms with van der Waals surface area (Å²) in [5.74, 6) is 1.47. The van der Waals surface area contributed by atoms with Gasteiger partial charge in [0.15, 0.2) is 11.6 Å². The molecule has 0 aliphatic carbocycles. The van der Waals surface area contributed by atoms with Crippen LogP contribution in [0.25, 0.3) is 44.1 Å². The number of H-pyrrole nitrogens is 4. The molecule has 12 aromatic heterocycles. The maximum atomic E-state index is 12.7. The van der Waals surface area contributed by atoms with E-state index >= 15 is 0 Å². The van der Waals surface area contributed by atoms with Crippen molar-refractivity contribution in [3.8, 4) is 0 Å². The molecule has 1 atom stereocenters. The zero-order valence-corrected chi connectivity index (χ0v) is 61.1. The third-order valence-corrected chi connectivity index (χ3v) is 18.0. The van der Waals surface area contributed by atoms with Gasteiger partial charge in [0.05, 0.1) is 22.3 Å². The van der Waals surface area contributed by atoms with Gasteiger partial charge in [-0.1, -0.05) is 72.3 Å². The minimum Gasteiger partial charge on any atom is -0.384 e. The van der Waals surface area contributed by atoms with Crippen molar-refractivity contribution in [1.82, 2.24) is 59.8 Å². The highest BCUT2D eigenvalue weighted by Gasteiger charge is 2.33. The van der Waals surface area contributed by atoms with E-state index in [1.54, 1.807) is 110 Å². The number of carbonyl (C=O) groups excluding carboxylic acids is 2. The molecule has 10 N–H and O–H groups in total. The summed E-state index contributed by atoms with van der Waals surface area (Å²) in [5.41, 5.74) is 13.9. The lowest BCUT2D eigenvalue weighted by molar-refractivity contribution is -0.138. The first-order valence-electron chi connectivity index (χ1n) is 35.1. The quantitative estimate of drug-likeness (QED) is 0.0219. The predicted molar refractivity (Wildman–Crippen MR) is 416 cm³/mol. The lowest BCUT2D eigenvalue weighted by Crippen LogP contribution is -2.06. The van der Waals surface area contributed by atoms with Gasteiger partial charge >= 0.3 is 24.7 Å². The molecule has 12 heterocycles. The van der Waals surface area contributed by atoms with Gasteiger partial charge in [-0.3, -0.25) is 9.59 Å². The van der Waals surface area contributed by atoms with Gasteiger partial charge in [-0.2, -0.15) is 52.7 Å². The van der Waals surface area contributed by atoms with Gasteiger partial charge in [-0.05, 0) is 167 Å². The van der Waals surface area contributed by atoms with E-state index in [-0.39, 0.29) is 18.1 Å². The van der Waals surface area contributed by atoms with Crippen molar-refractivity contribution in [3.63, 3.8) is 0 Å². The Bertz CT molecular complexity index is 5920. The Morgan fingerprint density at radius 3 is 1.12 bits per heavy atom. The monoisotopic (exact) mass is 1610 g/mol. The second kappa shape index (κ2) is 36.4. The van der Waals surface area contributed by atoms with Crippen molar-refractivity contribution in [3.05, 3.63) is 363 Å². The van der Waals surface area contributed by atoms with Gasteiger partial charge < -0.3 is 46.7 Å². The highest BCUT2D eigenvalue weighted by Crippen LogP contribution is 2.35. The van der Waals surface area contributed by atoms with E-state index in [0.29, 0.717) is 109 Å². The van der Waals surface area contributed by atoms with Crippen LogP contribution in [-0.4, -0.2) is 76.5 Å². The normalized spacial score (nSPS) is 11.8. The van der Waals surface area contributed by atoms with Gasteiger partial charge in [0, 0.05) is 162 Å². The van der Waals surface area contributed by atoms with Crippen molar-refractivity contribution < 1.29 is 67.4 Å². The Morgan fingerprint density at radius 2 is 0.733 bits per heavy atom. The van der Waals surface area contributed by atoms with Crippen molar-refractivity contribution in [1.29, 1.82) is 0 Å². The lowest BCUT2D eigenvalue weighted by Gasteiger charge is -2.12. The highest BCUT2D eigenvalue weighted by atomic mass is 35.5. The summed E-state index contributed by atoms with van der Waals surface area (Å²) < 4.78 is 149. The number of alkyl halides is 12. The van der Waals surface area contributed by atoms with Crippen molar-refractivity contribution in [2.75, 3.05) is 16.0 Å². The summed E-state index contributed by atoms with van der Waals surface area (Å²) in [5, 5.41) is 23.7. The minimum absolute atomic E-state index is 0.0987. The Balaban J connectivity index is 0.000000137. The molecule has 4 aromatic carbocycles. The Kier molecular flexibility index (Phi) is 25.7. The van der Waals surface area contributed by atoms with Crippen LogP contribution in [-0.2, 0) is 57.3 Å². The maximum absolute atomic E-state index is 12.7. The van der Waals surface area contributed by atoms with Crippen LogP contribution >= 0.6 is 11.6 Å². The van der Waals surface area contributed by atoms with E-state index < -0.39 is 53.1 Å². The molecule has 1 unspecified atom stereocenters. The van der Waals surface area contributed by atoms with E-state index in [9.17, 15) is 67.4 Å². The number of halogens is 13. The number of rotatable bonds is 18. The van der Waals surface area contributed by atoms with Crippen molar-refractivity contribution in [2.24, 2.45) is 5.73 Å². The Morgan fingerprint density at radius 1 is 0.379 bits per heavy atom. The molecule has 116 heavy (non-hydrogen) atoms. The average molecular weight is 1610 g/mol. The van der Waals surface area contributed by atoms with Crippen molar-refractivity contribution >= 4 is 84.8 Å². The number of hydrogen-bond donors (Lipinski definition) is 9. The molecule has 590 valence electrons. The summed E-state index contributed by atoms with van der Waals surface area (Å²) in [6.07, 6.45) is 2.61. The fraction of sp³-hybridized carbons (Fsp3) is 0.119. The van der Waals surface area contributed by atoms with Crippen LogP contribution in [0.2, 0.25) is 5.15 Å². The smallest absolute Gasteiger partial charge is 0.384 e. The van der Waals surface area contributed by atoms with Gasteiger partial charge in [-0.25, -0.2) is 39.9 Å². The number of ketones is 2. The molecule has 0 saturated carbocycles. The molecule has 0 spiro atoms. The number of aromatic amines is 4. The van der Waals surface area contributed by atoms with Crippen LogP contribution in [0.1, 0.15) is 105 Å². The number of carbonyl (C=O) groups is 2. The number of hydrogen-bond acceptors (Lipinski definition) is 15. The number of nitrogens with zero attached hydrogens (tertiary/aromatic N) is 8. The van der Waals surface area contributed by atoms with Gasteiger partial charge in [-0.15, -0.1) is 0 Å². The van der Waals surface area contributed by atoms with Gasteiger partial charge in [0.1, 0.15) is 51.3 Å². The number of pyridine rings is 8. The van der Waals surface area contributed by atoms with E-state index in [1.807, 2.05) is 48.7 Å². The molecule has 0 aliphatic rings. The van der Waals surface area contributed by atoms with Crippen LogP contribution in [0.4, 0.5) is 70.1 Å². The number of anilines is 3. The SMILES string of the molecule is FC(F)(F)c1ccc(CNc2ccc(Cc3c[nH]c4ncccc34)cn2)cc1.NCc1ccc(C(F)(F)F)cc1.O=C(c1ccc(Cl)nc1)c1c[nH]c2ncccc12.O=C(c1ccc(NCc2ccc(C(F)(F)F)cc2)nc1)c1c[nH]c2ncccc12.OC(c1ccc(NCc2ccc(C(F)(F)F)cc2)nc1)c1c[nH]c2ncccc12. The largest absolute Gasteiger partial charge is 0.416 e. The molecule has 16 rings (SSSR count). The molecule has 32 heteroatoms. The molecule has 0 saturated heterocycles. The molecule has 19 nitrogen and oxygen atoms in total. The Labute approximate surface area is 656 Å². The molecular formula is C84H65ClF12N16O3. The molecule has 0 aliphatic heterocycles. The zero-order valence-electron chi connectivity index (χ0n) is 60.3. The average Bonchev–Trinajstić information content (AvgIpc) is 1.67. The standard InChI is InChI=1S/C21H17F3N4O.C21H15F3N4O.C21H17F3N4.C13H8ClN3O.C8H8F3N/c2*22-21(23,24)15-6-3-13(4-7-15)10-26-18-8-5-14(11-27-18)19(29)17-12-28-20-16(17)2-1-9-25-20;22-21(23,24)17-6-3-14(4-7-17)11-26-19-8-5-15(12-27-19)10-16-13-28-20-18(16)2-1-9-25-20;14-11-4-3-8(6-16-11)12(18)10-7-17-13-9(10)2-1-5-15-13;9-8(10,11)7-3-1-6(5-12)2-4-7/h1-9,11-12,19,29H,10H2,(H,25,28)(H,26,27);1-9,11-12H,10H2,(H,25,28)(H,26,27);1-9,12-13H,10-11H2,(H,25,28)(H,26,27);1-7H,(H,15,17);1-4H,5,12H2. The summed E-state index contributed by atoms with van der Waals surface area (Å²) in [4.78, 5) is 70.8. The predicted octanol–water partition coefficient (Wildman–Crippen LogP) is 19.7. The summed E-state index contributed by atoms with van der Waals surface area (Å²) in [6, 6.07) is 48.6. The second-order valence-corrected chi connectivity index (χ2v) is 26.1. The summed E-state index contributed by atoms with van der Waals surface area (Å²) in [7, 11) is 0. The van der Waals surface area contributed by atoms with Crippen LogP contribution in [0, 0.1) is 0 Å². The zero-order chi connectivity index (χ0) is 82.2. The molecule has 16 aromatic rings. The number of benzene rings is 4. The number of fused-ring (bicyclic) bond motifs is 4. The molecule has 0 radical (unpaired) electrons. The number of aliphatic hydroxyl groups excluding tert-OH is 1.